The molecule has 0 bridgehead atoms. The summed E-state index contributed by atoms with van der Waals surface area (Å²) in [5.74, 6) is 0. The average molecular weight is 388 g/mol. The highest BCUT2D eigenvalue weighted by Crippen LogP contribution is 2.34. The molecule has 1 aliphatic heterocycles. The summed E-state index contributed by atoms with van der Waals surface area (Å²) in [6, 6.07) is 20.7. The van der Waals surface area contributed by atoms with Crippen LogP contribution >= 0.6 is 0 Å². The first-order valence-electron chi connectivity index (χ1n) is 10.2. The predicted octanol–water partition coefficient (Wildman–Crippen LogP) is 5.73. The number of benzene rings is 2. The maximum Gasteiger partial charge on any atom is 0.322 e. The van der Waals surface area contributed by atoms with Crippen LogP contribution in [0.4, 0.5) is 10.5 Å². The van der Waals surface area contributed by atoms with Crippen LogP contribution in [-0.4, -0.2) is 22.0 Å². The number of carbonyl (C=O) groups excluding carboxylic acids is 1. The molecule has 2 amide bonds. The van der Waals surface area contributed by atoms with E-state index in [4.69, 9.17) is 0 Å². The first-order chi connectivity index (χ1) is 13.8. The number of hydrogen-bond acceptors (Lipinski definition) is 1. The first kappa shape index (κ1) is 19.3. The molecule has 0 spiro atoms. The van der Waals surface area contributed by atoms with Gasteiger partial charge < -0.3 is 14.8 Å². The summed E-state index contributed by atoms with van der Waals surface area (Å²) in [6.07, 6.45) is 2.10. The van der Waals surface area contributed by atoms with Crippen molar-refractivity contribution in [2.45, 2.75) is 45.7 Å². The van der Waals surface area contributed by atoms with E-state index in [2.05, 4.69) is 73.3 Å². The van der Waals surface area contributed by atoms with Crippen molar-refractivity contribution in [3.05, 3.63) is 89.2 Å². The predicted molar refractivity (Wildman–Crippen MR) is 118 cm³/mol. The van der Waals surface area contributed by atoms with E-state index < -0.39 is 0 Å². The number of amides is 2. The van der Waals surface area contributed by atoms with E-state index in [1.165, 1.54) is 11.1 Å². The summed E-state index contributed by atoms with van der Waals surface area (Å²) in [6.45, 7) is 10.2. The highest BCUT2D eigenvalue weighted by molar-refractivity contribution is 5.90. The van der Waals surface area contributed by atoms with Gasteiger partial charge >= 0.3 is 6.03 Å². The van der Waals surface area contributed by atoms with Crippen LogP contribution in [0.3, 0.4) is 0 Å². The number of rotatable bonds is 2. The Morgan fingerprint density at radius 1 is 0.966 bits per heavy atom. The molecule has 4 rings (SSSR count). The number of aryl methyl sites for hydroxylation is 1. The highest BCUT2D eigenvalue weighted by Gasteiger charge is 2.32. The van der Waals surface area contributed by atoms with Gasteiger partial charge in [0.2, 0.25) is 0 Å². The molecule has 1 atom stereocenters. The quantitative estimate of drug-likeness (QED) is 0.599. The molecule has 150 valence electrons. The Bertz CT molecular complexity index is 994. The second-order valence-electron chi connectivity index (χ2n) is 8.89. The molecule has 0 saturated heterocycles. The van der Waals surface area contributed by atoms with Gasteiger partial charge in [0.25, 0.3) is 0 Å². The molecule has 29 heavy (non-hydrogen) atoms. The van der Waals surface area contributed by atoms with Crippen molar-refractivity contribution in [1.82, 2.24) is 9.47 Å². The molecule has 3 aromatic rings. The Morgan fingerprint density at radius 2 is 1.66 bits per heavy atom. The number of hydrogen-bond donors (Lipinski definition) is 1. The van der Waals surface area contributed by atoms with Crippen molar-refractivity contribution in [2.75, 3.05) is 11.9 Å². The molecule has 0 saturated carbocycles. The Labute approximate surface area is 173 Å². The average Bonchev–Trinajstić information content (AvgIpc) is 3.17. The van der Waals surface area contributed by atoms with Gasteiger partial charge in [0.15, 0.2) is 0 Å². The van der Waals surface area contributed by atoms with Gasteiger partial charge in [-0.3, -0.25) is 0 Å². The maximum absolute atomic E-state index is 13.2. The smallest absolute Gasteiger partial charge is 0.322 e. The van der Waals surface area contributed by atoms with Gasteiger partial charge in [-0.25, -0.2) is 4.79 Å². The monoisotopic (exact) mass is 387 g/mol. The SMILES string of the molecule is Cc1ccc(NC(=O)N2CCn3cccc3C2c2ccc(C(C)(C)C)cc2)cc1. The Kier molecular flexibility index (Phi) is 4.95. The van der Waals surface area contributed by atoms with E-state index in [9.17, 15) is 4.79 Å². The molecule has 1 aromatic heterocycles. The summed E-state index contributed by atoms with van der Waals surface area (Å²) < 4.78 is 2.25. The number of nitrogens with zero attached hydrogens (tertiary/aromatic N) is 2. The van der Waals surface area contributed by atoms with Gasteiger partial charge in [-0.15, -0.1) is 0 Å². The number of nitrogens with one attached hydrogen (secondary N) is 1. The van der Waals surface area contributed by atoms with Crippen LogP contribution in [0.5, 0.6) is 0 Å². The molecule has 2 aromatic carbocycles. The van der Waals surface area contributed by atoms with Crippen LogP contribution in [0.15, 0.2) is 66.9 Å². The van der Waals surface area contributed by atoms with Crippen molar-refractivity contribution < 1.29 is 4.79 Å². The molecule has 1 N–H and O–H groups in total. The zero-order valence-corrected chi connectivity index (χ0v) is 17.6. The summed E-state index contributed by atoms with van der Waals surface area (Å²) in [5, 5.41) is 3.07. The fraction of sp³-hybridized carbons (Fsp3) is 0.320. The number of carbonyl (C=O) groups is 1. The lowest BCUT2D eigenvalue weighted by molar-refractivity contribution is 0.182. The van der Waals surface area contributed by atoms with Crippen molar-refractivity contribution >= 4 is 11.7 Å². The molecule has 4 nitrogen and oxygen atoms in total. The summed E-state index contributed by atoms with van der Waals surface area (Å²) >= 11 is 0. The second-order valence-corrected chi connectivity index (χ2v) is 8.89. The zero-order valence-electron chi connectivity index (χ0n) is 17.6. The van der Waals surface area contributed by atoms with Crippen molar-refractivity contribution in [1.29, 1.82) is 0 Å². The molecule has 4 heteroatoms. The summed E-state index contributed by atoms with van der Waals surface area (Å²) in [7, 11) is 0. The van der Waals surface area contributed by atoms with E-state index in [0.29, 0.717) is 6.54 Å². The topological polar surface area (TPSA) is 37.3 Å². The molecule has 0 aliphatic carbocycles. The van der Waals surface area contributed by atoms with E-state index in [1.807, 2.05) is 36.1 Å². The fourth-order valence-electron chi connectivity index (χ4n) is 3.95. The third-order valence-corrected chi connectivity index (χ3v) is 5.69. The number of aromatic nitrogens is 1. The molecule has 0 fully saturated rings. The van der Waals surface area contributed by atoms with Crippen molar-refractivity contribution in [3.8, 4) is 0 Å². The third-order valence-electron chi connectivity index (χ3n) is 5.69. The van der Waals surface area contributed by atoms with Gasteiger partial charge in [-0.05, 0) is 47.7 Å². The van der Waals surface area contributed by atoms with Crippen LogP contribution in [-0.2, 0) is 12.0 Å². The molecule has 1 unspecified atom stereocenters. The van der Waals surface area contributed by atoms with Crippen LogP contribution in [0.1, 0.15) is 49.2 Å². The lowest BCUT2D eigenvalue weighted by Crippen LogP contribution is -2.44. The number of anilines is 1. The van der Waals surface area contributed by atoms with Crippen LogP contribution in [0.2, 0.25) is 0 Å². The molecule has 1 aliphatic rings. The van der Waals surface area contributed by atoms with Crippen molar-refractivity contribution in [2.24, 2.45) is 0 Å². The summed E-state index contributed by atoms with van der Waals surface area (Å²) in [4.78, 5) is 15.1. The number of urea groups is 1. The van der Waals surface area contributed by atoms with Gasteiger partial charge in [0.05, 0.1) is 6.04 Å². The minimum absolute atomic E-state index is 0.0637. The second kappa shape index (κ2) is 7.43. The highest BCUT2D eigenvalue weighted by atomic mass is 16.2. The maximum atomic E-state index is 13.2. The third kappa shape index (κ3) is 3.93. The van der Waals surface area contributed by atoms with E-state index >= 15 is 0 Å². The van der Waals surface area contributed by atoms with Crippen LogP contribution in [0.25, 0.3) is 0 Å². The molecular weight excluding hydrogens is 358 g/mol. The van der Waals surface area contributed by atoms with E-state index in [1.54, 1.807) is 0 Å². The zero-order chi connectivity index (χ0) is 20.6. The fourth-order valence-corrected chi connectivity index (χ4v) is 3.95. The van der Waals surface area contributed by atoms with E-state index in [-0.39, 0.29) is 17.5 Å². The molecule has 0 radical (unpaired) electrons. The molecule has 2 heterocycles. The van der Waals surface area contributed by atoms with Gasteiger partial charge in [-0.1, -0.05) is 62.7 Å². The Balaban J connectivity index is 1.66. The Morgan fingerprint density at radius 3 is 2.31 bits per heavy atom. The van der Waals surface area contributed by atoms with Gasteiger partial charge in [0.1, 0.15) is 0 Å². The van der Waals surface area contributed by atoms with Crippen molar-refractivity contribution in [3.63, 3.8) is 0 Å². The first-order valence-corrected chi connectivity index (χ1v) is 10.2. The summed E-state index contributed by atoms with van der Waals surface area (Å²) in [5.41, 5.74) is 5.69. The molecular formula is C25H29N3O. The minimum atomic E-state index is -0.0989. The largest absolute Gasteiger partial charge is 0.348 e. The van der Waals surface area contributed by atoms with Crippen LogP contribution < -0.4 is 5.32 Å². The van der Waals surface area contributed by atoms with Crippen LogP contribution in [0, 0.1) is 6.92 Å². The Hall–Kier alpha value is -3.01. The normalized spacial score (nSPS) is 16.4. The van der Waals surface area contributed by atoms with E-state index in [0.717, 1.165) is 23.5 Å². The standard InChI is InChI=1S/C25H29N3O/c1-18-7-13-21(14-8-18)26-24(29)28-17-16-27-15-5-6-22(27)23(28)19-9-11-20(12-10-19)25(2,3)4/h5-15,23H,16-17H2,1-4H3,(H,26,29). The lowest BCUT2D eigenvalue weighted by atomic mass is 9.86. The van der Waals surface area contributed by atoms with Gasteiger partial charge in [-0.2, -0.15) is 0 Å². The minimum Gasteiger partial charge on any atom is -0.348 e. The lowest BCUT2D eigenvalue weighted by Gasteiger charge is -2.37. The number of fused-ring (bicyclic) bond motifs is 1. The van der Waals surface area contributed by atoms with Gasteiger partial charge in [0, 0.05) is 30.7 Å².